The molecule has 1 aromatic carbocycles. The molecule has 0 N–H and O–H groups in total. The highest BCUT2D eigenvalue weighted by Gasteiger charge is 2.08. The molecule has 2 heterocycles. The highest BCUT2D eigenvalue weighted by Crippen LogP contribution is 2.25. The van der Waals surface area contributed by atoms with Crippen LogP contribution in [-0.2, 0) is 0 Å². The van der Waals surface area contributed by atoms with Gasteiger partial charge >= 0.3 is 0 Å². The minimum Gasteiger partial charge on any atom is -0.356 e. The molecule has 0 atom stereocenters. The molecule has 3 rings (SSSR count). The van der Waals surface area contributed by atoms with Crippen molar-refractivity contribution in [2.75, 3.05) is 0 Å². The molecule has 3 aromatic rings. The number of benzene rings is 1. The van der Waals surface area contributed by atoms with E-state index in [-0.39, 0.29) is 5.82 Å². The minimum atomic E-state index is -0.269. The van der Waals surface area contributed by atoms with Crippen molar-refractivity contribution >= 4 is 0 Å². The molecule has 18 heavy (non-hydrogen) atoms. The lowest BCUT2D eigenvalue weighted by molar-refractivity contribution is 0.435. The van der Waals surface area contributed by atoms with Gasteiger partial charge in [0.1, 0.15) is 11.5 Å². The molecular formula is C14H9FN2O. The van der Waals surface area contributed by atoms with Crippen molar-refractivity contribution in [3.05, 3.63) is 60.7 Å². The largest absolute Gasteiger partial charge is 0.356 e. The average molecular weight is 240 g/mol. The lowest BCUT2D eigenvalue weighted by atomic mass is 10.1. The minimum absolute atomic E-state index is 0.269. The summed E-state index contributed by atoms with van der Waals surface area (Å²) in [4.78, 5) is 4.02. The first kappa shape index (κ1) is 10.7. The van der Waals surface area contributed by atoms with Crippen LogP contribution in [0.3, 0.4) is 0 Å². The lowest BCUT2D eigenvalue weighted by Gasteiger charge is -1.93. The molecule has 0 aliphatic heterocycles. The first-order valence-electron chi connectivity index (χ1n) is 5.46. The van der Waals surface area contributed by atoms with Gasteiger partial charge < -0.3 is 4.52 Å². The maximum Gasteiger partial charge on any atom is 0.169 e. The van der Waals surface area contributed by atoms with E-state index in [1.165, 1.54) is 12.1 Å². The van der Waals surface area contributed by atoms with Gasteiger partial charge in [0.15, 0.2) is 5.76 Å². The van der Waals surface area contributed by atoms with Gasteiger partial charge in [0.05, 0.1) is 0 Å². The van der Waals surface area contributed by atoms with Crippen LogP contribution in [0.5, 0.6) is 0 Å². The van der Waals surface area contributed by atoms with Crippen LogP contribution in [-0.4, -0.2) is 10.1 Å². The predicted molar refractivity (Wildman–Crippen MR) is 65.1 cm³/mol. The lowest BCUT2D eigenvalue weighted by Crippen LogP contribution is -1.77. The maximum atomic E-state index is 12.8. The highest BCUT2D eigenvalue weighted by atomic mass is 19.1. The SMILES string of the molecule is Fc1ccc(-c2cc(-c3cccnc3)on2)cc1. The molecular weight excluding hydrogens is 231 g/mol. The Bertz CT molecular complexity index is 647. The number of halogens is 1. The fraction of sp³-hybridized carbons (Fsp3) is 0. The number of rotatable bonds is 2. The Balaban J connectivity index is 1.97. The van der Waals surface area contributed by atoms with Gasteiger partial charge in [-0.15, -0.1) is 0 Å². The third kappa shape index (κ3) is 2.00. The number of hydrogen-bond acceptors (Lipinski definition) is 3. The first-order chi connectivity index (χ1) is 8.83. The smallest absolute Gasteiger partial charge is 0.169 e. The molecule has 0 bridgehead atoms. The Morgan fingerprint density at radius 2 is 1.83 bits per heavy atom. The van der Waals surface area contributed by atoms with Crippen LogP contribution in [0.1, 0.15) is 0 Å². The molecule has 0 saturated carbocycles. The molecule has 88 valence electrons. The van der Waals surface area contributed by atoms with E-state index in [0.717, 1.165) is 11.1 Å². The molecule has 3 nitrogen and oxygen atoms in total. The fourth-order valence-corrected chi connectivity index (χ4v) is 1.68. The van der Waals surface area contributed by atoms with Crippen LogP contribution in [0.15, 0.2) is 59.4 Å². The number of pyridine rings is 1. The van der Waals surface area contributed by atoms with E-state index in [9.17, 15) is 4.39 Å². The zero-order chi connectivity index (χ0) is 12.4. The number of aromatic nitrogens is 2. The van der Waals surface area contributed by atoms with Gasteiger partial charge in [0.2, 0.25) is 0 Å². The van der Waals surface area contributed by atoms with E-state index >= 15 is 0 Å². The molecule has 0 spiro atoms. The zero-order valence-electron chi connectivity index (χ0n) is 9.38. The third-order valence-electron chi connectivity index (χ3n) is 2.60. The molecule has 4 heteroatoms. The molecule has 0 radical (unpaired) electrons. The second-order valence-corrected chi connectivity index (χ2v) is 3.82. The summed E-state index contributed by atoms with van der Waals surface area (Å²) < 4.78 is 18.1. The van der Waals surface area contributed by atoms with Crippen LogP contribution < -0.4 is 0 Å². The molecule has 0 amide bonds. The summed E-state index contributed by atoms with van der Waals surface area (Å²) in [6.07, 6.45) is 3.40. The molecule has 0 aliphatic carbocycles. The standard InChI is InChI=1S/C14H9FN2O/c15-12-5-3-10(4-6-12)13-8-14(18-17-13)11-2-1-7-16-9-11/h1-9H. The van der Waals surface area contributed by atoms with Crippen molar-refractivity contribution in [1.29, 1.82) is 0 Å². The van der Waals surface area contributed by atoms with E-state index < -0.39 is 0 Å². The van der Waals surface area contributed by atoms with Crippen molar-refractivity contribution in [3.8, 4) is 22.6 Å². The molecule has 0 unspecified atom stereocenters. The summed E-state index contributed by atoms with van der Waals surface area (Å²) in [5.74, 6) is 0.372. The first-order valence-corrected chi connectivity index (χ1v) is 5.46. The quantitative estimate of drug-likeness (QED) is 0.687. The van der Waals surface area contributed by atoms with Gasteiger partial charge in [0, 0.05) is 29.6 Å². The Labute approximate surface area is 103 Å². The van der Waals surface area contributed by atoms with E-state index in [2.05, 4.69) is 10.1 Å². The summed E-state index contributed by atoms with van der Waals surface area (Å²) in [7, 11) is 0. The Morgan fingerprint density at radius 1 is 1.00 bits per heavy atom. The highest BCUT2D eigenvalue weighted by molar-refractivity contribution is 5.65. The Morgan fingerprint density at radius 3 is 2.56 bits per heavy atom. The normalized spacial score (nSPS) is 10.5. The van der Waals surface area contributed by atoms with E-state index in [4.69, 9.17) is 4.52 Å². The second kappa shape index (κ2) is 4.41. The van der Waals surface area contributed by atoms with Crippen molar-refractivity contribution in [1.82, 2.24) is 10.1 Å². The summed E-state index contributed by atoms with van der Waals surface area (Å²) >= 11 is 0. The average Bonchev–Trinajstić information content (AvgIpc) is 2.90. The zero-order valence-corrected chi connectivity index (χ0v) is 9.38. The van der Waals surface area contributed by atoms with Gasteiger partial charge in [-0.25, -0.2) is 4.39 Å². The topological polar surface area (TPSA) is 38.9 Å². The fourth-order valence-electron chi connectivity index (χ4n) is 1.68. The molecule has 2 aromatic heterocycles. The van der Waals surface area contributed by atoms with Crippen molar-refractivity contribution in [2.45, 2.75) is 0 Å². The Hall–Kier alpha value is -2.49. The van der Waals surface area contributed by atoms with Crippen LogP contribution in [0, 0.1) is 5.82 Å². The number of hydrogen-bond donors (Lipinski definition) is 0. The van der Waals surface area contributed by atoms with Gasteiger partial charge in [-0.2, -0.15) is 0 Å². The van der Waals surface area contributed by atoms with Gasteiger partial charge in [-0.1, -0.05) is 5.16 Å². The maximum absolute atomic E-state index is 12.8. The van der Waals surface area contributed by atoms with Crippen molar-refractivity contribution in [3.63, 3.8) is 0 Å². The van der Waals surface area contributed by atoms with Crippen LogP contribution >= 0.6 is 0 Å². The summed E-state index contributed by atoms with van der Waals surface area (Å²) in [5, 5.41) is 3.97. The van der Waals surface area contributed by atoms with Crippen LogP contribution in [0.4, 0.5) is 4.39 Å². The van der Waals surface area contributed by atoms with Crippen molar-refractivity contribution in [2.24, 2.45) is 0 Å². The monoisotopic (exact) mass is 240 g/mol. The Kier molecular flexibility index (Phi) is 2.61. The van der Waals surface area contributed by atoms with Crippen LogP contribution in [0.2, 0.25) is 0 Å². The summed E-state index contributed by atoms with van der Waals surface area (Å²) in [6.45, 7) is 0. The third-order valence-corrected chi connectivity index (χ3v) is 2.60. The van der Waals surface area contributed by atoms with E-state index in [1.807, 2.05) is 18.2 Å². The van der Waals surface area contributed by atoms with Gasteiger partial charge in [0.25, 0.3) is 0 Å². The predicted octanol–water partition coefficient (Wildman–Crippen LogP) is 3.54. The van der Waals surface area contributed by atoms with Gasteiger partial charge in [-0.05, 0) is 36.4 Å². The molecule has 0 fully saturated rings. The summed E-state index contributed by atoms with van der Waals surface area (Å²) in [5.41, 5.74) is 2.35. The summed E-state index contributed by atoms with van der Waals surface area (Å²) in [6, 6.07) is 11.7. The van der Waals surface area contributed by atoms with Crippen molar-refractivity contribution < 1.29 is 8.91 Å². The van der Waals surface area contributed by atoms with Gasteiger partial charge in [-0.3, -0.25) is 4.98 Å². The van der Waals surface area contributed by atoms with E-state index in [1.54, 1.807) is 24.5 Å². The van der Waals surface area contributed by atoms with Crippen LogP contribution in [0.25, 0.3) is 22.6 Å². The second-order valence-electron chi connectivity index (χ2n) is 3.82. The van der Waals surface area contributed by atoms with E-state index in [0.29, 0.717) is 11.5 Å². The molecule has 0 saturated heterocycles. The number of nitrogens with zero attached hydrogens (tertiary/aromatic N) is 2. The molecule has 0 aliphatic rings.